The first kappa shape index (κ1) is 10.3. The molecule has 2 N–H and O–H groups in total. The van der Waals surface area contributed by atoms with Crippen molar-refractivity contribution in [2.45, 2.75) is 0 Å². The van der Waals surface area contributed by atoms with Gasteiger partial charge in [-0.15, -0.1) is 0 Å². The summed E-state index contributed by atoms with van der Waals surface area (Å²) in [5.41, 5.74) is 1.49. The lowest BCUT2D eigenvalue weighted by atomic mass is 10.1. The van der Waals surface area contributed by atoms with Crippen LogP contribution in [0.1, 0.15) is 10.5 Å². The van der Waals surface area contributed by atoms with Crippen molar-refractivity contribution in [1.82, 2.24) is 4.57 Å². The minimum Gasteiger partial charge on any atom is -0.507 e. The van der Waals surface area contributed by atoms with Crippen molar-refractivity contribution >= 4 is 5.97 Å². The number of aromatic carboxylic acids is 1. The largest absolute Gasteiger partial charge is 0.507 e. The Balaban J connectivity index is 2.58. The molecule has 0 spiro atoms. The van der Waals surface area contributed by atoms with Gasteiger partial charge in [0.25, 0.3) is 0 Å². The van der Waals surface area contributed by atoms with Gasteiger partial charge in [-0.25, -0.2) is 4.79 Å². The van der Waals surface area contributed by atoms with Gasteiger partial charge in [0.15, 0.2) is 0 Å². The molecule has 2 rings (SSSR count). The number of para-hydroxylation sites is 1. The van der Waals surface area contributed by atoms with Crippen LogP contribution in [0.3, 0.4) is 0 Å². The van der Waals surface area contributed by atoms with E-state index in [0.717, 1.165) is 0 Å². The first-order chi connectivity index (χ1) is 7.61. The zero-order valence-corrected chi connectivity index (χ0v) is 8.71. The molecule has 0 fully saturated rings. The van der Waals surface area contributed by atoms with Gasteiger partial charge >= 0.3 is 5.97 Å². The smallest absolute Gasteiger partial charge is 0.352 e. The number of carbonyl (C=O) groups is 1. The second-order valence-corrected chi connectivity index (χ2v) is 3.49. The van der Waals surface area contributed by atoms with E-state index in [1.54, 1.807) is 37.4 Å². The summed E-state index contributed by atoms with van der Waals surface area (Å²) in [5, 5.41) is 18.6. The minimum atomic E-state index is -0.982. The molecule has 0 aliphatic heterocycles. The van der Waals surface area contributed by atoms with E-state index in [0.29, 0.717) is 11.3 Å². The third kappa shape index (κ3) is 1.54. The molecule has 0 saturated heterocycles. The molecule has 0 amide bonds. The van der Waals surface area contributed by atoms with E-state index in [4.69, 9.17) is 5.11 Å². The van der Waals surface area contributed by atoms with Crippen molar-refractivity contribution in [2.75, 3.05) is 0 Å². The Morgan fingerprint density at radius 1 is 1.19 bits per heavy atom. The SMILES string of the molecule is Cn1c(C(=O)O)ccc1-c1ccccc1O. The summed E-state index contributed by atoms with van der Waals surface area (Å²) in [5.74, 6) is -0.843. The van der Waals surface area contributed by atoms with Crippen molar-refractivity contribution in [1.29, 1.82) is 0 Å². The molecule has 4 heteroatoms. The molecule has 1 aromatic heterocycles. The monoisotopic (exact) mass is 217 g/mol. The molecule has 1 aromatic carbocycles. The van der Waals surface area contributed by atoms with Crippen molar-refractivity contribution in [3.05, 3.63) is 42.1 Å². The van der Waals surface area contributed by atoms with E-state index in [1.165, 1.54) is 10.6 Å². The number of carboxylic acid groups (broad SMARTS) is 1. The van der Waals surface area contributed by atoms with Crippen molar-refractivity contribution in [2.24, 2.45) is 7.05 Å². The van der Waals surface area contributed by atoms with Crippen LogP contribution in [-0.4, -0.2) is 20.7 Å². The molecule has 0 bridgehead atoms. The van der Waals surface area contributed by atoms with Gasteiger partial charge in [-0.3, -0.25) is 0 Å². The van der Waals surface area contributed by atoms with Gasteiger partial charge in [-0.1, -0.05) is 12.1 Å². The number of phenolic OH excluding ortho intramolecular Hbond substituents is 1. The van der Waals surface area contributed by atoms with E-state index in [-0.39, 0.29) is 11.4 Å². The number of rotatable bonds is 2. The number of hydrogen-bond donors (Lipinski definition) is 2. The molecule has 4 nitrogen and oxygen atoms in total. The van der Waals surface area contributed by atoms with Gasteiger partial charge in [0.05, 0.1) is 5.69 Å². The van der Waals surface area contributed by atoms with Gasteiger partial charge in [-0.2, -0.15) is 0 Å². The van der Waals surface area contributed by atoms with Gasteiger partial charge in [-0.05, 0) is 24.3 Å². The van der Waals surface area contributed by atoms with Crippen LogP contribution in [0.25, 0.3) is 11.3 Å². The first-order valence-corrected chi connectivity index (χ1v) is 4.78. The highest BCUT2D eigenvalue weighted by atomic mass is 16.4. The topological polar surface area (TPSA) is 62.5 Å². The Kier molecular flexibility index (Phi) is 2.40. The van der Waals surface area contributed by atoms with E-state index in [9.17, 15) is 9.90 Å². The van der Waals surface area contributed by atoms with Crippen LogP contribution >= 0.6 is 0 Å². The molecule has 0 atom stereocenters. The Morgan fingerprint density at radius 2 is 1.88 bits per heavy atom. The second kappa shape index (κ2) is 3.73. The maximum Gasteiger partial charge on any atom is 0.352 e. The number of hydrogen-bond acceptors (Lipinski definition) is 2. The lowest BCUT2D eigenvalue weighted by Gasteiger charge is -2.06. The van der Waals surface area contributed by atoms with Crippen LogP contribution in [-0.2, 0) is 7.05 Å². The molecule has 0 aliphatic carbocycles. The second-order valence-electron chi connectivity index (χ2n) is 3.49. The lowest BCUT2D eigenvalue weighted by molar-refractivity contribution is 0.0686. The maximum atomic E-state index is 10.9. The summed E-state index contributed by atoms with van der Waals surface area (Å²) in [6.07, 6.45) is 0. The molecule has 2 aromatic rings. The molecular formula is C12H11NO3. The highest BCUT2D eigenvalue weighted by Gasteiger charge is 2.13. The number of phenols is 1. The van der Waals surface area contributed by atoms with E-state index in [1.807, 2.05) is 0 Å². The number of aromatic nitrogens is 1. The van der Waals surface area contributed by atoms with Gasteiger partial charge in [0, 0.05) is 12.6 Å². The lowest BCUT2D eigenvalue weighted by Crippen LogP contribution is -2.05. The highest BCUT2D eigenvalue weighted by molar-refractivity contribution is 5.87. The van der Waals surface area contributed by atoms with E-state index in [2.05, 4.69) is 0 Å². The fourth-order valence-corrected chi connectivity index (χ4v) is 1.69. The van der Waals surface area contributed by atoms with E-state index >= 15 is 0 Å². The number of aromatic hydroxyl groups is 1. The summed E-state index contributed by atoms with van der Waals surface area (Å²) in [7, 11) is 1.66. The molecule has 16 heavy (non-hydrogen) atoms. The number of nitrogens with zero attached hydrogens (tertiary/aromatic N) is 1. The quantitative estimate of drug-likeness (QED) is 0.809. The average molecular weight is 217 g/mol. The summed E-state index contributed by atoms with van der Waals surface area (Å²) < 4.78 is 1.54. The minimum absolute atomic E-state index is 0.139. The third-order valence-electron chi connectivity index (χ3n) is 2.52. The Morgan fingerprint density at radius 3 is 2.44 bits per heavy atom. The van der Waals surface area contributed by atoms with E-state index < -0.39 is 5.97 Å². The molecule has 0 saturated carbocycles. The summed E-state index contributed by atoms with van der Waals surface area (Å²) >= 11 is 0. The highest BCUT2D eigenvalue weighted by Crippen LogP contribution is 2.29. The molecule has 0 unspecified atom stereocenters. The first-order valence-electron chi connectivity index (χ1n) is 4.78. The Bertz CT molecular complexity index is 543. The van der Waals surface area contributed by atoms with Crippen LogP contribution in [0, 0.1) is 0 Å². The molecular weight excluding hydrogens is 206 g/mol. The average Bonchev–Trinajstić information content (AvgIpc) is 2.61. The molecule has 0 radical (unpaired) electrons. The summed E-state index contributed by atoms with van der Waals surface area (Å²) in [6, 6.07) is 10.0. The summed E-state index contributed by atoms with van der Waals surface area (Å²) in [6.45, 7) is 0. The normalized spacial score (nSPS) is 10.3. The molecule has 0 aliphatic rings. The van der Waals surface area contributed by atoms with Gasteiger partial charge in [0.1, 0.15) is 11.4 Å². The fourth-order valence-electron chi connectivity index (χ4n) is 1.69. The van der Waals surface area contributed by atoms with Gasteiger partial charge < -0.3 is 14.8 Å². The van der Waals surface area contributed by atoms with Crippen LogP contribution in [0.5, 0.6) is 5.75 Å². The Labute approximate surface area is 92.4 Å². The standard InChI is InChI=1S/C12H11NO3/c1-13-9(6-7-10(13)12(15)16)8-4-2-3-5-11(8)14/h2-7,14H,1H3,(H,15,16). The zero-order chi connectivity index (χ0) is 11.7. The van der Waals surface area contributed by atoms with Crippen molar-refractivity contribution in [3.63, 3.8) is 0 Å². The van der Waals surface area contributed by atoms with Crippen LogP contribution in [0.15, 0.2) is 36.4 Å². The van der Waals surface area contributed by atoms with Crippen LogP contribution < -0.4 is 0 Å². The zero-order valence-electron chi connectivity index (χ0n) is 8.71. The maximum absolute atomic E-state index is 10.9. The molecule has 1 heterocycles. The number of carboxylic acids is 1. The number of benzene rings is 1. The predicted octanol–water partition coefficient (Wildman–Crippen LogP) is 2.10. The van der Waals surface area contributed by atoms with Crippen LogP contribution in [0.4, 0.5) is 0 Å². The Hall–Kier alpha value is -2.23. The van der Waals surface area contributed by atoms with Gasteiger partial charge in [0.2, 0.25) is 0 Å². The molecule has 82 valence electrons. The summed E-state index contributed by atoms with van der Waals surface area (Å²) in [4.78, 5) is 10.9. The predicted molar refractivity (Wildman–Crippen MR) is 59.5 cm³/mol. The third-order valence-corrected chi connectivity index (χ3v) is 2.52. The van der Waals surface area contributed by atoms with Crippen molar-refractivity contribution < 1.29 is 15.0 Å². The fraction of sp³-hybridized carbons (Fsp3) is 0.0833. The van der Waals surface area contributed by atoms with Crippen LogP contribution in [0.2, 0.25) is 0 Å². The van der Waals surface area contributed by atoms with Crippen molar-refractivity contribution in [3.8, 4) is 17.0 Å².